The summed E-state index contributed by atoms with van der Waals surface area (Å²) < 4.78 is 0. The van der Waals surface area contributed by atoms with Crippen molar-refractivity contribution in [3.8, 4) is 0 Å². The number of hydrogen-bond acceptors (Lipinski definition) is 2. The fraction of sp³-hybridized carbons (Fsp3) is 0.600. The summed E-state index contributed by atoms with van der Waals surface area (Å²) in [5.74, 6) is 0. The molecule has 0 aliphatic heterocycles. The third kappa shape index (κ3) is 2.81. The molecule has 0 bridgehead atoms. The van der Waals surface area contributed by atoms with Crippen molar-refractivity contribution in [1.82, 2.24) is 0 Å². The summed E-state index contributed by atoms with van der Waals surface area (Å²) in [5, 5.41) is 0. The maximum absolute atomic E-state index is 6.03. The monoisotopic (exact) mass is 232 g/mol. The lowest BCUT2D eigenvalue weighted by Gasteiger charge is -2.27. The zero-order valence-corrected chi connectivity index (χ0v) is 11.0. The summed E-state index contributed by atoms with van der Waals surface area (Å²) in [6, 6.07) is 9.69. The molecule has 0 saturated heterocycles. The van der Waals surface area contributed by atoms with Gasteiger partial charge in [-0.2, -0.15) is 0 Å². The first-order chi connectivity index (χ1) is 8.22. The Labute approximate surface area is 105 Å². The summed E-state index contributed by atoms with van der Waals surface area (Å²) in [5.41, 5.74) is 8.60. The smallest absolute Gasteiger partial charge is 0.0366 e. The maximum atomic E-state index is 6.03. The lowest BCUT2D eigenvalue weighted by atomic mass is 10.0. The van der Waals surface area contributed by atoms with Crippen LogP contribution in [0.3, 0.4) is 0 Å². The Hall–Kier alpha value is -1.02. The van der Waals surface area contributed by atoms with Gasteiger partial charge < -0.3 is 10.6 Å². The molecular formula is C15H24N2. The average molecular weight is 232 g/mol. The summed E-state index contributed by atoms with van der Waals surface area (Å²) >= 11 is 0. The molecule has 2 N–H and O–H groups in total. The zero-order chi connectivity index (χ0) is 12.3. The third-order valence-corrected chi connectivity index (χ3v) is 4.04. The first-order valence-electron chi connectivity index (χ1n) is 6.80. The Morgan fingerprint density at radius 2 is 1.82 bits per heavy atom. The van der Waals surface area contributed by atoms with E-state index in [1.807, 2.05) is 0 Å². The SMILES string of the molecule is CCC(N)c1ccc(N(C)C2CCCC2)cc1. The Morgan fingerprint density at radius 3 is 2.35 bits per heavy atom. The highest BCUT2D eigenvalue weighted by Crippen LogP contribution is 2.27. The molecule has 0 radical (unpaired) electrons. The Kier molecular flexibility index (Phi) is 4.06. The average Bonchev–Trinajstić information content (AvgIpc) is 2.91. The lowest BCUT2D eigenvalue weighted by Crippen LogP contribution is -2.28. The summed E-state index contributed by atoms with van der Waals surface area (Å²) in [7, 11) is 2.21. The van der Waals surface area contributed by atoms with Crippen molar-refractivity contribution in [2.45, 2.75) is 51.1 Å². The molecule has 2 heteroatoms. The fourth-order valence-corrected chi connectivity index (χ4v) is 2.69. The van der Waals surface area contributed by atoms with Crippen molar-refractivity contribution < 1.29 is 0 Å². The number of nitrogens with zero attached hydrogens (tertiary/aromatic N) is 1. The van der Waals surface area contributed by atoms with Gasteiger partial charge in [0.2, 0.25) is 0 Å². The van der Waals surface area contributed by atoms with Gasteiger partial charge in [-0.3, -0.25) is 0 Å². The van der Waals surface area contributed by atoms with Crippen molar-refractivity contribution in [2.75, 3.05) is 11.9 Å². The van der Waals surface area contributed by atoms with Gasteiger partial charge in [-0.1, -0.05) is 31.9 Å². The van der Waals surface area contributed by atoms with E-state index in [0.29, 0.717) is 0 Å². The van der Waals surface area contributed by atoms with Gasteiger partial charge in [0.1, 0.15) is 0 Å². The summed E-state index contributed by atoms with van der Waals surface area (Å²) in [4.78, 5) is 2.42. The van der Waals surface area contributed by atoms with Crippen LogP contribution in [0, 0.1) is 0 Å². The minimum Gasteiger partial charge on any atom is -0.372 e. The number of nitrogens with two attached hydrogens (primary N) is 1. The molecule has 1 aliphatic rings. The lowest BCUT2D eigenvalue weighted by molar-refractivity contribution is 0.652. The molecule has 0 aromatic heterocycles. The molecule has 0 heterocycles. The molecule has 0 spiro atoms. The molecule has 1 fully saturated rings. The van der Waals surface area contributed by atoms with Gasteiger partial charge in [0.25, 0.3) is 0 Å². The molecule has 1 atom stereocenters. The zero-order valence-electron chi connectivity index (χ0n) is 11.0. The number of benzene rings is 1. The predicted octanol–water partition coefficient (Wildman–Crippen LogP) is 3.48. The molecule has 1 aromatic rings. The van der Waals surface area contributed by atoms with E-state index in [-0.39, 0.29) is 6.04 Å². The van der Waals surface area contributed by atoms with E-state index >= 15 is 0 Å². The minimum absolute atomic E-state index is 0.181. The second-order valence-electron chi connectivity index (χ2n) is 5.16. The van der Waals surface area contributed by atoms with Crippen LogP contribution in [0.4, 0.5) is 5.69 Å². The van der Waals surface area contributed by atoms with Crippen molar-refractivity contribution in [2.24, 2.45) is 5.73 Å². The highest BCUT2D eigenvalue weighted by molar-refractivity contribution is 5.48. The summed E-state index contributed by atoms with van der Waals surface area (Å²) in [6.07, 6.45) is 6.44. The van der Waals surface area contributed by atoms with Crippen molar-refractivity contribution in [1.29, 1.82) is 0 Å². The van der Waals surface area contributed by atoms with Crippen LogP contribution < -0.4 is 10.6 Å². The molecular weight excluding hydrogens is 208 g/mol. The van der Waals surface area contributed by atoms with Crippen LogP contribution in [-0.4, -0.2) is 13.1 Å². The van der Waals surface area contributed by atoms with Gasteiger partial charge >= 0.3 is 0 Å². The highest BCUT2D eigenvalue weighted by atomic mass is 15.1. The topological polar surface area (TPSA) is 29.3 Å². The van der Waals surface area contributed by atoms with Gasteiger partial charge in [0, 0.05) is 24.8 Å². The van der Waals surface area contributed by atoms with E-state index in [0.717, 1.165) is 12.5 Å². The second kappa shape index (κ2) is 5.54. The van der Waals surface area contributed by atoms with Gasteiger partial charge in [-0.25, -0.2) is 0 Å². The van der Waals surface area contributed by atoms with E-state index < -0.39 is 0 Å². The van der Waals surface area contributed by atoms with Crippen LogP contribution in [0.1, 0.15) is 50.6 Å². The van der Waals surface area contributed by atoms with Crippen molar-refractivity contribution >= 4 is 5.69 Å². The molecule has 1 saturated carbocycles. The van der Waals surface area contributed by atoms with E-state index in [4.69, 9.17) is 5.73 Å². The Balaban J connectivity index is 2.06. The fourth-order valence-electron chi connectivity index (χ4n) is 2.69. The van der Waals surface area contributed by atoms with E-state index in [1.165, 1.54) is 36.9 Å². The van der Waals surface area contributed by atoms with Crippen LogP contribution in [0.25, 0.3) is 0 Å². The van der Waals surface area contributed by atoms with E-state index in [9.17, 15) is 0 Å². The largest absolute Gasteiger partial charge is 0.372 e. The van der Waals surface area contributed by atoms with Gasteiger partial charge in [0.05, 0.1) is 0 Å². The number of anilines is 1. The molecule has 1 aromatic carbocycles. The maximum Gasteiger partial charge on any atom is 0.0366 e. The quantitative estimate of drug-likeness (QED) is 0.861. The summed E-state index contributed by atoms with van der Waals surface area (Å²) in [6.45, 7) is 2.13. The Morgan fingerprint density at radius 1 is 1.24 bits per heavy atom. The van der Waals surface area contributed by atoms with Crippen LogP contribution >= 0.6 is 0 Å². The molecule has 2 rings (SSSR count). The van der Waals surface area contributed by atoms with Gasteiger partial charge in [-0.15, -0.1) is 0 Å². The first kappa shape index (κ1) is 12.4. The highest BCUT2D eigenvalue weighted by Gasteiger charge is 2.19. The van der Waals surface area contributed by atoms with Gasteiger partial charge in [-0.05, 0) is 37.0 Å². The number of rotatable bonds is 4. The van der Waals surface area contributed by atoms with Crippen LogP contribution in [0.15, 0.2) is 24.3 Å². The van der Waals surface area contributed by atoms with Crippen molar-refractivity contribution in [3.63, 3.8) is 0 Å². The van der Waals surface area contributed by atoms with Crippen LogP contribution in [-0.2, 0) is 0 Å². The molecule has 0 amide bonds. The van der Waals surface area contributed by atoms with Gasteiger partial charge in [0.15, 0.2) is 0 Å². The standard InChI is InChI=1S/C15H24N2/c1-3-15(16)12-8-10-14(11-9-12)17(2)13-6-4-5-7-13/h8-11,13,15H,3-7,16H2,1-2H3. The minimum atomic E-state index is 0.181. The molecule has 1 aliphatic carbocycles. The number of hydrogen-bond donors (Lipinski definition) is 1. The molecule has 1 unspecified atom stereocenters. The third-order valence-electron chi connectivity index (χ3n) is 4.04. The predicted molar refractivity (Wildman–Crippen MR) is 74.3 cm³/mol. The van der Waals surface area contributed by atoms with Crippen molar-refractivity contribution in [3.05, 3.63) is 29.8 Å². The van der Waals surface area contributed by atoms with Crippen LogP contribution in [0.5, 0.6) is 0 Å². The normalized spacial score (nSPS) is 18.3. The van der Waals surface area contributed by atoms with Crippen LogP contribution in [0.2, 0.25) is 0 Å². The van der Waals surface area contributed by atoms with E-state index in [1.54, 1.807) is 0 Å². The molecule has 94 valence electrons. The first-order valence-corrected chi connectivity index (χ1v) is 6.80. The molecule has 17 heavy (non-hydrogen) atoms. The molecule has 2 nitrogen and oxygen atoms in total. The van der Waals surface area contributed by atoms with E-state index in [2.05, 4.69) is 43.1 Å². The Bertz CT molecular complexity index is 338. The second-order valence-corrected chi connectivity index (χ2v) is 5.16.